The van der Waals surface area contributed by atoms with Crippen LogP contribution in [0.4, 0.5) is 17.1 Å². The van der Waals surface area contributed by atoms with E-state index in [1.807, 2.05) is 0 Å². The van der Waals surface area contributed by atoms with E-state index in [1.54, 1.807) is 0 Å². The first-order valence-corrected chi connectivity index (χ1v) is 12.6. The minimum atomic E-state index is -0.638. The molecule has 1 aromatic rings. The van der Waals surface area contributed by atoms with Gasteiger partial charge in [0.05, 0.1) is 22.0 Å². The van der Waals surface area contributed by atoms with E-state index in [4.69, 9.17) is 0 Å². The van der Waals surface area contributed by atoms with Gasteiger partial charge in [0.1, 0.15) is 5.69 Å². The van der Waals surface area contributed by atoms with Gasteiger partial charge >= 0.3 is 5.69 Å². The van der Waals surface area contributed by atoms with E-state index in [1.165, 1.54) is 25.0 Å². The lowest BCUT2D eigenvalue weighted by Crippen LogP contribution is -2.54. The van der Waals surface area contributed by atoms with Crippen LogP contribution < -0.4 is 5.43 Å². The smallest absolute Gasteiger partial charge is 0.301 e. The number of anilines is 1. The van der Waals surface area contributed by atoms with Crippen molar-refractivity contribution in [3.05, 3.63) is 38.4 Å². The normalized spacial score (nSPS) is 40.2. The fourth-order valence-corrected chi connectivity index (χ4v) is 8.15. The van der Waals surface area contributed by atoms with E-state index >= 15 is 0 Å². The molecular formula is C25H34N4O5. The summed E-state index contributed by atoms with van der Waals surface area (Å²) in [5.74, 6) is 2.58. The van der Waals surface area contributed by atoms with Gasteiger partial charge in [0.15, 0.2) is 0 Å². The zero-order chi connectivity index (χ0) is 24.3. The highest BCUT2D eigenvalue weighted by molar-refractivity contribution is 5.86. The zero-order valence-electron chi connectivity index (χ0n) is 19.9. The Labute approximate surface area is 199 Å². The summed E-state index contributed by atoms with van der Waals surface area (Å²) in [5, 5.41) is 37.6. The Bertz CT molecular complexity index is 1040. The third-order valence-electron chi connectivity index (χ3n) is 10.2. The third kappa shape index (κ3) is 3.59. The number of nitrogens with one attached hydrogen (secondary N) is 1. The van der Waals surface area contributed by atoms with Gasteiger partial charge in [-0.05, 0) is 98.4 Å². The van der Waals surface area contributed by atoms with Crippen LogP contribution in [0.25, 0.3) is 0 Å². The average molecular weight is 471 g/mol. The number of aliphatic hydroxyl groups excluding tert-OH is 1. The van der Waals surface area contributed by atoms with Gasteiger partial charge in [-0.15, -0.1) is 0 Å². The van der Waals surface area contributed by atoms with Crippen LogP contribution in [-0.2, 0) is 0 Å². The van der Waals surface area contributed by atoms with E-state index in [0.29, 0.717) is 23.7 Å². The average Bonchev–Trinajstić information content (AvgIpc) is 3.11. The second kappa shape index (κ2) is 8.29. The number of hydrogen-bond donors (Lipinski definition) is 2. The lowest BCUT2D eigenvalue weighted by molar-refractivity contribution is -0.393. The molecule has 2 N–H and O–H groups in total. The van der Waals surface area contributed by atoms with Gasteiger partial charge in [0.2, 0.25) is 0 Å². The third-order valence-corrected chi connectivity index (χ3v) is 10.2. The molecule has 0 saturated heterocycles. The summed E-state index contributed by atoms with van der Waals surface area (Å²) in [6.07, 6.45) is 9.45. The molecule has 184 valence electrons. The van der Waals surface area contributed by atoms with Crippen LogP contribution in [0.5, 0.6) is 0 Å². The molecule has 0 aromatic heterocycles. The van der Waals surface area contributed by atoms with Gasteiger partial charge in [0.25, 0.3) is 5.69 Å². The number of fused-ring (bicyclic) bond motifs is 5. The Hall–Kier alpha value is -2.55. The molecule has 0 unspecified atom stereocenters. The second-order valence-corrected chi connectivity index (χ2v) is 11.5. The van der Waals surface area contributed by atoms with E-state index < -0.39 is 9.85 Å². The molecule has 0 heterocycles. The van der Waals surface area contributed by atoms with Gasteiger partial charge in [0, 0.05) is 11.8 Å². The lowest BCUT2D eigenvalue weighted by Gasteiger charge is -2.60. The number of aliphatic hydroxyl groups is 1. The molecule has 34 heavy (non-hydrogen) atoms. The van der Waals surface area contributed by atoms with Gasteiger partial charge in [-0.25, -0.2) is 0 Å². The number of nitro groups is 2. The van der Waals surface area contributed by atoms with Gasteiger partial charge in [-0.2, -0.15) is 5.10 Å². The van der Waals surface area contributed by atoms with E-state index in [-0.39, 0.29) is 34.0 Å². The summed E-state index contributed by atoms with van der Waals surface area (Å²) in [4.78, 5) is 21.1. The highest BCUT2D eigenvalue weighted by atomic mass is 16.6. The van der Waals surface area contributed by atoms with Crippen molar-refractivity contribution in [3.8, 4) is 0 Å². The van der Waals surface area contributed by atoms with E-state index in [2.05, 4.69) is 24.4 Å². The van der Waals surface area contributed by atoms with Crippen molar-refractivity contribution in [2.24, 2.45) is 39.6 Å². The minimum Gasteiger partial charge on any atom is -0.393 e. The first-order valence-electron chi connectivity index (χ1n) is 12.6. The van der Waals surface area contributed by atoms with Crippen LogP contribution in [0, 0.1) is 54.7 Å². The predicted molar refractivity (Wildman–Crippen MR) is 129 cm³/mol. The Morgan fingerprint density at radius 2 is 1.76 bits per heavy atom. The molecule has 0 spiro atoms. The molecule has 0 radical (unpaired) electrons. The molecule has 5 rings (SSSR count). The Morgan fingerprint density at radius 1 is 1.00 bits per heavy atom. The molecule has 4 fully saturated rings. The second-order valence-electron chi connectivity index (χ2n) is 11.5. The van der Waals surface area contributed by atoms with Crippen LogP contribution in [0.3, 0.4) is 0 Å². The largest absolute Gasteiger partial charge is 0.393 e. The summed E-state index contributed by atoms with van der Waals surface area (Å²) in [7, 11) is 0. The predicted octanol–water partition coefficient (Wildman–Crippen LogP) is 5.67. The number of hydrazone groups is 1. The maximum absolute atomic E-state index is 11.4. The highest BCUT2D eigenvalue weighted by Gasteiger charge is 2.59. The Balaban J connectivity index is 1.31. The highest BCUT2D eigenvalue weighted by Crippen LogP contribution is 2.66. The van der Waals surface area contributed by atoms with Crippen molar-refractivity contribution in [2.45, 2.75) is 77.7 Å². The van der Waals surface area contributed by atoms with Gasteiger partial charge in [-0.3, -0.25) is 25.7 Å². The van der Waals surface area contributed by atoms with Crippen molar-refractivity contribution in [1.82, 2.24) is 0 Å². The monoisotopic (exact) mass is 470 g/mol. The Kier molecular flexibility index (Phi) is 5.66. The van der Waals surface area contributed by atoms with Crippen LogP contribution in [0.15, 0.2) is 23.3 Å². The first kappa shape index (κ1) is 23.2. The molecule has 4 aliphatic rings. The summed E-state index contributed by atoms with van der Waals surface area (Å²) >= 11 is 0. The number of non-ortho nitro benzene ring substituents is 1. The topological polar surface area (TPSA) is 131 Å². The molecule has 0 aliphatic heterocycles. The summed E-state index contributed by atoms with van der Waals surface area (Å²) in [6, 6.07) is 3.58. The van der Waals surface area contributed by atoms with Crippen LogP contribution >= 0.6 is 0 Å². The van der Waals surface area contributed by atoms with E-state index in [9.17, 15) is 25.3 Å². The summed E-state index contributed by atoms with van der Waals surface area (Å²) in [5.41, 5.74) is 3.73. The molecule has 0 amide bonds. The fraction of sp³-hybridized carbons (Fsp3) is 0.720. The van der Waals surface area contributed by atoms with E-state index in [0.717, 1.165) is 56.7 Å². The maximum atomic E-state index is 11.4. The number of hydrogen-bond acceptors (Lipinski definition) is 7. The first-order chi connectivity index (χ1) is 16.1. The molecule has 9 heteroatoms. The summed E-state index contributed by atoms with van der Waals surface area (Å²) < 4.78 is 0. The van der Waals surface area contributed by atoms with Crippen molar-refractivity contribution >= 4 is 22.8 Å². The standard InChI is InChI=1S/C25H34N4O5/c1-24-11-9-16(26-27-21-7-4-17(28(31)32)14-22(21)29(33)34)13-15(24)3-5-18-19-6-8-23(30)25(19,2)12-10-20(18)24/h4,7,14-15,18-20,23,27,30H,3,5-6,8-13H2,1-2H3/b26-16-/t15-,18-,19-,20-,23+,24-,25-/m0/s1. The molecule has 9 nitrogen and oxygen atoms in total. The molecule has 4 saturated carbocycles. The molecular weight excluding hydrogens is 436 g/mol. The van der Waals surface area contributed by atoms with Crippen LogP contribution in [0.2, 0.25) is 0 Å². The molecule has 4 aliphatic carbocycles. The number of rotatable bonds is 4. The Morgan fingerprint density at radius 3 is 2.50 bits per heavy atom. The van der Waals surface area contributed by atoms with Gasteiger partial charge < -0.3 is 5.11 Å². The molecule has 1 aromatic carbocycles. The SMILES string of the molecule is C[C@]12CC/C(=N/Nc3ccc([N+](=O)[O-])cc3[N+](=O)[O-])C[C@@H]1CC[C@@H]1[C@@H]2CC[C@]2(C)[C@H](O)CC[C@@H]12. The fourth-order valence-electron chi connectivity index (χ4n) is 8.15. The van der Waals surface area contributed by atoms with Crippen LogP contribution in [0.1, 0.15) is 71.6 Å². The number of benzene rings is 1. The summed E-state index contributed by atoms with van der Waals surface area (Å²) in [6.45, 7) is 4.78. The lowest BCUT2D eigenvalue weighted by atomic mass is 9.45. The van der Waals surface area contributed by atoms with Crippen LogP contribution in [-0.4, -0.2) is 26.8 Å². The van der Waals surface area contributed by atoms with Gasteiger partial charge in [-0.1, -0.05) is 13.8 Å². The van der Waals surface area contributed by atoms with Crippen molar-refractivity contribution in [2.75, 3.05) is 5.43 Å². The van der Waals surface area contributed by atoms with Crippen molar-refractivity contribution in [3.63, 3.8) is 0 Å². The zero-order valence-corrected chi connectivity index (χ0v) is 19.9. The minimum absolute atomic E-state index is 0.0923. The molecule has 7 atom stereocenters. The van der Waals surface area contributed by atoms with Crippen molar-refractivity contribution < 1.29 is 15.0 Å². The maximum Gasteiger partial charge on any atom is 0.301 e. The molecule has 0 bridgehead atoms. The quantitative estimate of drug-likeness (QED) is 0.430. The van der Waals surface area contributed by atoms with Crippen molar-refractivity contribution in [1.29, 1.82) is 0 Å². The number of nitro benzene ring substituents is 2. The number of nitrogens with zero attached hydrogens (tertiary/aromatic N) is 3.